The lowest BCUT2D eigenvalue weighted by Gasteiger charge is -2.08. The Bertz CT molecular complexity index is 143. The molecule has 0 rings (SSSR count). The standard InChI is InChI=1S/C7H14N2O/c1-5(8)4-9-6(2)7(3)10/h6,8-9H,4H2,1-3H3/t6-/m0/s1. The van der Waals surface area contributed by atoms with Gasteiger partial charge in [-0.3, -0.25) is 4.79 Å². The third-order valence-corrected chi connectivity index (χ3v) is 1.28. The minimum atomic E-state index is -0.125. The molecule has 0 fully saturated rings. The molecular weight excluding hydrogens is 128 g/mol. The fraction of sp³-hybridized carbons (Fsp3) is 0.714. The van der Waals surface area contributed by atoms with Gasteiger partial charge in [0, 0.05) is 12.3 Å². The Morgan fingerprint density at radius 3 is 2.40 bits per heavy atom. The Morgan fingerprint density at radius 1 is 1.60 bits per heavy atom. The zero-order chi connectivity index (χ0) is 8.15. The van der Waals surface area contributed by atoms with Gasteiger partial charge in [-0.25, -0.2) is 0 Å². The van der Waals surface area contributed by atoms with Crippen molar-refractivity contribution in [1.82, 2.24) is 5.32 Å². The van der Waals surface area contributed by atoms with E-state index in [2.05, 4.69) is 5.32 Å². The smallest absolute Gasteiger partial charge is 0.146 e. The lowest BCUT2D eigenvalue weighted by molar-refractivity contribution is -0.118. The van der Waals surface area contributed by atoms with Gasteiger partial charge in [0.05, 0.1) is 6.04 Å². The minimum Gasteiger partial charge on any atom is -0.309 e. The quantitative estimate of drug-likeness (QED) is 0.564. The number of rotatable bonds is 4. The van der Waals surface area contributed by atoms with Crippen LogP contribution in [0.25, 0.3) is 0 Å². The number of nitrogens with one attached hydrogen (secondary N) is 2. The van der Waals surface area contributed by atoms with Gasteiger partial charge in [0.2, 0.25) is 0 Å². The maximum Gasteiger partial charge on any atom is 0.146 e. The van der Waals surface area contributed by atoms with Gasteiger partial charge in [-0.05, 0) is 20.8 Å². The topological polar surface area (TPSA) is 53.0 Å². The van der Waals surface area contributed by atoms with E-state index in [4.69, 9.17) is 5.41 Å². The zero-order valence-corrected chi connectivity index (χ0v) is 6.69. The van der Waals surface area contributed by atoms with Gasteiger partial charge < -0.3 is 10.7 Å². The van der Waals surface area contributed by atoms with E-state index >= 15 is 0 Å². The molecule has 10 heavy (non-hydrogen) atoms. The molecule has 3 heteroatoms. The second-order valence-corrected chi connectivity index (χ2v) is 2.49. The van der Waals surface area contributed by atoms with Crippen LogP contribution in [0.15, 0.2) is 0 Å². The van der Waals surface area contributed by atoms with Crippen molar-refractivity contribution >= 4 is 11.5 Å². The molecule has 0 aliphatic carbocycles. The van der Waals surface area contributed by atoms with Crippen molar-refractivity contribution in [1.29, 1.82) is 5.41 Å². The summed E-state index contributed by atoms with van der Waals surface area (Å²) in [4.78, 5) is 10.6. The van der Waals surface area contributed by atoms with E-state index in [0.717, 1.165) is 0 Å². The Kier molecular flexibility index (Phi) is 3.88. The summed E-state index contributed by atoms with van der Waals surface area (Å²) in [5.41, 5.74) is 0.549. The third-order valence-electron chi connectivity index (χ3n) is 1.28. The first-order valence-corrected chi connectivity index (χ1v) is 3.32. The van der Waals surface area contributed by atoms with Crippen molar-refractivity contribution in [3.63, 3.8) is 0 Å². The number of hydrogen-bond acceptors (Lipinski definition) is 3. The second-order valence-electron chi connectivity index (χ2n) is 2.49. The predicted octanol–water partition coefficient (Wildman–Crippen LogP) is 0.593. The molecule has 0 heterocycles. The molecule has 0 aromatic heterocycles. The van der Waals surface area contributed by atoms with E-state index in [-0.39, 0.29) is 11.8 Å². The molecule has 0 saturated heterocycles. The van der Waals surface area contributed by atoms with E-state index < -0.39 is 0 Å². The van der Waals surface area contributed by atoms with Crippen molar-refractivity contribution < 1.29 is 4.79 Å². The molecule has 0 aromatic carbocycles. The number of carbonyl (C=O) groups is 1. The lowest BCUT2D eigenvalue weighted by Crippen LogP contribution is -2.35. The van der Waals surface area contributed by atoms with Crippen LogP contribution in [0.5, 0.6) is 0 Å². The molecule has 0 saturated carbocycles. The van der Waals surface area contributed by atoms with Crippen LogP contribution in [0.4, 0.5) is 0 Å². The highest BCUT2D eigenvalue weighted by Gasteiger charge is 2.04. The first-order valence-electron chi connectivity index (χ1n) is 3.32. The monoisotopic (exact) mass is 142 g/mol. The van der Waals surface area contributed by atoms with Crippen molar-refractivity contribution in [2.75, 3.05) is 6.54 Å². The summed E-state index contributed by atoms with van der Waals surface area (Å²) in [6.45, 7) is 5.54. The van der Waals surface area contributed by atoms with Gasteiger partial charge in [-0.2, -0.15) is 0 Å². The molecule has 0 radical (unpaired) electrons. The number of Topliss-reactive ketones (excluding diaryl/α,β-unsaturated/α-hetero) is 1. The van der Waals surface area contributed by atoms with Crippen LogP contribution < -0.4 is 5.32 Å². The number of hydrogen-bond donors (Lipinski definition) is 2. The van der Waals surface area contributed by atoms with E-state index in [9.17, 15) is 4.79 Å². The van der Waals surface area contributed by atoms with Gasteiger partial charge in [0.25, 0.3) is 0 Å². The van der Waals surface area contributed by atoms with Crippen molar-refractivity contribution in [2.24, 2.45) is 0 Å². The Morgan fingerprint density at radius 2 is 2.10 bits per heavy atom. The van der Waals surface area contributed by atoms with Crippen LogP contribution in [-0.4, -0.2) is 24.1 Å². The maximum absolute atomic E-state index is 10.6. The first-order chi connectivity index (χ1) is 4.54. The molecule has 2 N–H and O–H groups in total. The molecule has 0 unspecified atom stereocenters. The lowest BCUT2D eigenvalue weighted by atomic mass is 10.2. The normalized spacial score (nSPS) is 12.7. The van der Waals surface area contributed by atoms with E-state index in [1.54, 1.807) is 13.8 Å². The molecule has 0 aliphatic rings. The average Bonchev–Trinajstić information content (AvgIpc) is 1.82. The molecule has 0 amide bonds. The summed E-state index contributed by atoms with van der Waals surface area (Å²) < 4.78 is 0. The molecular formula is C7H14N2O. The predicted molar refractivity (Wildman–Crippen MR) is 41.5 cm³/mol. The molecule has 0 spiro atoms. The summed E-state index contributed by atoms with van der Waals surface area (Å²) in [7, 11) is 0. The molecule has 1 atom stereocenters. The second kappa shape index (κ2) is 4.17. The van der Waals surface area contributed by atoms with Crippen LogP contribution in [0, 0.1) is 5.41 Å². The molecule has 3 nitrogen and oxygen atoms in total. The third kappa shape index (κ3) is 4.21. The Hall–Kier alpha value is -0.700. The van der Waals surface area contributed by atoms with Crippen LogP contribution in [0.1, 0.15) is 20.8 Å². The van der Waals surface area contributed by atoms with Gasteiger partial charge in [0.1, 0.15) is 5.78 Å². The molecule has 0 aromatic rings. The summed E-state index contributed by atoms with van der Waals surface area (Å²) >= 11 is 0. The Balaban J connectivity index is 3.49. The van der Waals surface area contributed by atoms with Gasteiger partial charge in [-0.1, -0.05) is 0 Å². The van der Waals surface area contributed by atoms with Crippen LogP contribution >= 0.6 is 0 Å². The van der Waals surface area contributed by atoms with Crippen molar-refractivity contribution in [3.8, 4) is 0 Å². The van der Waals surface area contributed by atoms with Gasteiger partial charge >= 0.3 is 0 Å². The molecule has 0 aliphatic heterocycles. The maximum atomic E-state index is 10.6. The summed E-state index contributed by atoms with van der Waals surface area (Å²) in [6.07, 6.45) is 0. The van der Waals surface area contributed by atoms with Crippen LogP contribution in [0.2, 0.25) is 0 Å². The number of ketones is 1. The summed E-state index contributed by atoms with van der Waals surface area (Å²) in [5.74, 6) is 0.112. The zero-order valence-electron chi connectivity index (χ0n) is 6.69. The highest BCUT2D eigenvalue weighted by molar-refractivity contribution is 5.83. The van der Waals surface area contributed by atoms with Gasteiger partial charge in [-0.15, -0.1) is 0 Å². The summed E-state index contributed by atoms with van der Waals surface area (Å²) in [6, 6.07) is -0.125. The van der Waals surface area contributed by atoms with Crippen molar-refractivity contribution in [3.05, 3.63) is 0 Å². The minimum absolute atomic E-state index is 0.112. The SMILES string of the molecule is CC(=N)CN[C@@H](C)C(C)=O. The van der Waals surface area contributed by atoms with Crippen LogP contribution in [-0.2, 0) is 4.79 Å². The summed E-state index contributed by atoms with van der Waals surface area (Å²) in [5, 5.41) is 9.96. The average molecular weight is 142 g/mol. The number of carbonyl (C=O) groups excluding carboxylic acids is 1. The highest BCUT2D eigenvalue weighted by Crippen LogP contribution is 1.81. The van der Waals surface area contributed by atoms with E-state index in [1.807, 2.05) is 0 Å². The fourth-order valence-corrected chi connectivity index (χ4v) is 0.450. The van der Waals surface area contributed by atoms with E-state index in [0.29, 0.717) is 12.3 Å². The van der Waals surface area contributed by atoms with E-state index in [1.165, 1.54) is 6.92 Å². The van der Waals surface area contributed by atoms with Crippen molar-refractivity contribution in [2.45, 2.75) is 26.8 Å². The highest BCUT2D eigenvalue weighted by atomic mass is 16.1. The largest absolute Gasteiger partial charge is 0.309 e. The van der Waals surface area contributed by atoms with Gasteiger partial charge in [0.15, 0.2) is 0 Å². The van der Waals surface area contributed by atoms with Crippen LogP contribution in [0.3, 0.4) is 0 Å². The molecule has 0 bridgehead atoms. The molecule has 58 valence electrons. The first kappa shape index (κ1) is 9.30. The Labute approximate surface area is 61.3 Å². The fourth-order valence-electron chi connectivity index (χ4n) is 0.450.